The van der Waals surface area contributed by atoms with Crippen molar-refractivity contribution in [3.05, 3.63) is 265 Å². The Labute approximate surface area is 616 Å². The number of fused-ring (bicyclic) bond motifs is 15. The molecular weight excluding hydrogens is 1290 g/mol. The summed E-state index contributed by atoms with van der Waals surface area (Å²) in [7, 11) is -3.54. The first-order valence-electron chi connectivity index (χ1n) is 37.7. The first kappa shape index (κ1) is 65.9. The van der Waals surface area contributed by atoms with Gasteiger partial charge in [-0.15, -0.1) is 0 Å². The minimum absolute atomic E-state index is 0.0732. The number of rotatable bonds is 7. The molecule has 0 bridgehead atoms. The fourth-order valence-electron chi connectivity index (χ4n) is 17.4. The van der Waals surface area contributed by atoms with E-state index in [1.807, 2.05) is 0 Å². The molecule has 0 radical (unpaired) electrons. The van der Waals surface area contributed by atoms with Gasteiger partial charge in [0.05, 0.1) is 66.3 Å². The Hall–Kier alpha value is -10.1. The van der Waals surface area contributed by atoms with Crippen LogP contribution in [0.3, 0.4) is 0 Å². The first-order valence-corrected chi connectivity index (χ1v) is 44.7. The van der Waals surface area contributed by atoms with E-state index in [0.29, 0.717) is 0 Å². The molecule has 13 aromatic carbocycles. The molecule has 18 rings (SSSR count). The highest BCUT2D eigenvalue weighted by Crippen LogP contribution is 2.51. The minimum atomic E-state index is -1.77. The second kappa shape index (κ2) is 22.7. The van der Waals surface area contributed by atoms with E-state index >= 15 is 0 Å². The summed E-state index contributed by atoms with van der Waals surface area (Å²) < 4.78 is 7.83. The van der Waals surface area contributed by atoms with Gasteiger partial charge in [-0.2, -0.15) is 0 Å². The van der Waals surface area contributed by atoms with Gasteiger partial charge in [-0.3, -0.25) is 0 Å². The predicted octanol–water partition coefficient (Wildman–Crippen LogP) is 23.6. The van der Waals surface area contributed by atoms with Gasteiger partial charge in [0, 0.05) is 77.2 Å². The SMILES string of the molecule is CC(C)(C)c1ccc2c3ccc(C(C)(C)C)cc3n(-c3ccc4c(c3)N(c3cccc5ccccc35)c3cc(-n5c6ccc([Si](C)(C)C)cc6c6cc([Si](C)(C)C)ccc65)cc5c3B4c3ccc(-n4c6cc(C(C)(C)C)ccc6c6ccc(C(C)(C)C)cc64)cc3N5c3cccc4ccccc34)c2c1. The number of aromatic nitrogens is 3. The van der Waals surface area contributed by atoms with Crippen LogP contribution in [-0.2, 0) is 21.7 Å². The third-order valence-electron chi connectivity index (χ3n) is 23.3. The van der Waals surface area contributed by atoms with Gasteiger partial charge < -0.3 is 23.5 Å². The van der Waals surface area contributed by atoms with Gasteiger partial charge in [0.25, 0.3) is 6.71 Å². The number of benzene rings is 13. The lowest BCUT2D eigenvalue weighted by Gasteiger charge is -2.45. The van der Waals surface area contributed by atoms with E-state index in [1.165, 1.54) is 136 Å². The monoisotopic (exact) mass is 1380 g/mol. The van der Waals surface area contributed by atoms with Gasteiger partial charge >= 0.3 is 0 Å². The predicted molar refractivity (Wildman–Crippen MR) is 459 cm³/mol. The molecule has 0 spiro atoms. The molecule has 5 heterocycles. The van der Waals surface area contributed by atoms with E-state index in [0.717, 1.165) is 51.2 Å². The maximum absolute atomic E-state index is 2.69. The van der Waals surface area contributed by atoms with E-state index in [4.69, 9.17) is 0 Å². The van der Waals surface area contributed by atoms with Crippen molar-refractivity contribution in [2.45, 2.75) is 144 Å². The minimum Gasteiger partial charge on any atom is -0.311 e. The molecule has 0 amide bonds. The maximum atomic E-state index is 2.69. The van der Waals surface area contributed by atoms with E-state index in [2.05, 4.69) is 389 Å². The highest BCUT2D eigenvalue weighted by atomic mass is 28.3. The Bertz CT molecular complexity index is 5800. The summed E-state index contributed by atoms with van der Waals surface area (Å²) in [6, 6.07) is 96.1. The average molecular weight is 1380 g/mol. The van der Waals surface area contributed by atoms with Gasteiger partial charge in [-0.25, -0.2) is 0 Å². The lowest BCUT2D eigenvalue weighted by Crippen LogP contribution is -2.61. The lowest BCUT2D eigenvalue weighted by atomic mass is 9.33. The van der Waals surface area contributed by atoms with Crippen LogP contribution in [0.2, 0.25) is 39.3 Å². The number of anilines is 6. The van der Waals surface area contributed by atoms with Crippen molar-refractivity contribution < 1.29 is 0 Å². The molecule has 0 saturated carbocycles. The summed E-state index contributed by atoms with van der Waals surface area (Å²) in [6.07, 6.45) is 0. The molecule has 0 fully saturated rings. The zero-order chi connectivity index (χ0) is 72.4. The molecule has 0 atom stereocenters. The van der Waals surface area contributed by atoms with Crippen LogP contribution < -0.4 is 36.6 Å². The van der Waals surface area contributed by atoms with Crippen LogP contribution in [0, 0.1) is 0 Å². The van der Waals surface area contributed by atoms with Crippen molar-refractivity contribution in [3.63, 3.8) is 0 Å². The summed E-state index contributed by atoms with van der Waals surface area (Å²) in [6.45, 7) is 42.8. The van der Waals surface area contributed by atoms with Crippen molar-refractivity contribution >= 4 is 171 Å². The normalized spacial score (nSPS) is 13.8. The number of hydrogen-bond donors (Lipinski definition) is 0. The summed E-state index contributed by atoms with van der Waals surface area (Å²) in [5, 5.41) is 15.4. The molecule has 16 aromatic rings. The average Bonchev–Trinajstić information content (AvgIpc) is 0.822. The zero-order valence-electron chi connectivity index (χ0n) is 63.9. The fourth-order valence-corrected chi connectivity index (χ4v) is 19.7. The van der Waals surface area contributed by atoms with Crippen molar-refractivity contribution in [3.8, 4) is 17.1 Å². The summed E-state index contributed by atoms with van der Waals surface area (Å²) >= 11 is 0. The molecule has 5 nitrogen and oxygen atoms in total. The summed E-state index contributed by atoms with van der Waals surface area (Å²) in [5.74, 6) is 0. The third kappa shape index (κ3) is 10.3. The van der Waals surface area contributed by atoms with Gasteiger partial charge in [0.2, 0.25) is 0 Å². The van der Waals surface area contributed by atoms with E-state index in [-0.39, 0.29) is 28.4 Å². The Morgan fingerprint density at radius 3 is 0.923 bits per heavy atom. The van der Waals surface area contributed by atoms with Gasteiger partial charge in [-0.05, 0) is 156 Å². The molecule has 0 aliphatic carbocycles. The van der Waals surface area contributed by atoms with Crippen LogP contribution in [-0.4, -0.2) is 36.6 Å². The molecule has 3 aromatic heterocycles. The van der Waals surface area contributed by atoms with Crippen LogP contribution in [0.4, 0.5) is 34.1 Å². The van der Waals surface area contributed by atoms with Gasteiger partial charge in [0.1, 0.15) is 0 Å². The highest BCUT2D eigenvalue weighted by molar-refractivity contribution is 7.00. The highest BCUT2D eigenvalue weighted by Gasteiger charge is 2.45. The molecule has 104 heavy (non-hydrogen) atoms. The van der Waals surface area contributed by atoms with Gasteiger partial charge in [0.15, 0.2) is 0 Å². The molecule has 2 aliphatic rings. The first-order chi connectivity index (χ1) is 49.4. The van der Waals surface area contributed by atoms with E-state index in [9.17, 15) is 0 Å². The van der Waals surface area contributed by atoms with Crippen LogP contribution >= 0.6 is 0 Å². The van der Waals surface area contributed by atoms with Gasteiger partial charge in [-0.1, -0.05) is 290 Å². The quantitative estimate of drug-likeness (QED) is 0.148. The maximum Gasteiger partial charge on any atom is 0.252 e. The molecule has 2 aliphatic heterocycles. The third-order valence-corrected chi connectivity index (χ3v) is 27.4. The van der Waals surface area contributed by atoms with Crippen LogP contribution in [0.1, 0.15) is 105 Å². The topological polar surface area (TPSA) is 21.3 Å². The summed E-state index contributed by atoms with van der Waals surface area (Å²) in [5.41, 5.74) is 26.4. The lowest BCUT2D eigenvalue weighted by molar-refractivity contribution is 0.590. The Kier molecular flexibility index (Phi) is 14.4. The van der Waals surface area contributed by atoms with Crippen LogP contribution in [0.5, 0.6) is 0 Å². The van der Waals surface area contributed by atoms with Crippen molar-refractivity contribution in [1.29, 1.82) is 0 Å². The molecule has 0 saturated heterocycles. The molecule has 8 heteroatoms. The van der Waals surface area contributed by atoms with Crippen molar-refractivity contribution in [1.82, 2.24) is 13.7 Å². The standard InChI is InChI=1S/C96H94BN5Si2/c1-93(2,3)61-33-41-72-73-42-34-62(94(4,5)6)50-85(73)98(84(72)49-61)65-37-45-78-88(53-65)101(80-31-23-27-59-25-19-21-29-70(59)80)90-55-67(100-82-47-39-68(103(13,14)15)57-76(82)77-58-69(104(16,17)18)40-48-83(77)100)56-91-92(90)97(78)79-46-38-66(54-89(79)102(91)81-32-24-28-60-26-20-22-30-71(60)81)99-86-51-63(95(7,8)9)35-43-74(86)75-44-36-64(52-87(75)99)96(10,11)12/h19-58H,1-18H3. The second-order valence-corrected chi connectivity index (χ2v) is 46.5. The Balaban J connectivity index is 1.01. The van der Waals surface area contributed by atoms with Crippen molar-refractivity contribution in [2.24, 2.45) is 0 Å². The van der Waals surface area contributed by atoms with Crippen molar-refractivity contribution in [2.75, 3.05) is 9.80 Å². The van der Waals surface area contributed by atoms with Crippen LogP contribution in [0.15, 0.2) is 243 Å². The van der Waals surface area contributed by atoms with Crippen LogP contribution in [0.25, 0.3) is 104 Å². The fraction of sp³-hybridized carbons (Fsp3) is 0.229. The largest absolute Gasteiger partial charge is 0.311 e. The Morgan fingerprint density at radius 2 is 0.577 bits per heavy atom. The molecule has 0 N–H and O–H groups in total. The van der Waals surface area contributed by atoms with E-state index in [1.54, 1.807) is 0 Å². The Morgan fingerprint density at radius 1 is 0.250 bits per heavy atom. The smallest absolute Gasteiger partial charge is 0.252 e. The summed E-state index contributed by atoms with van der Waals surface area (Å²) in [4.78, 5) is 5.38. The second-order valence-electron chi connectivity index (χ2n) is 36.4. The molecule has 0 unspecified atom stereocenters. The zero-order valence-corrected chi connectivity index (χ0v) is 65.9. The van der Waals surface area contributed by atoms with E-state index < -0.39 is 16.1 Å². The molecular formula is C96H94BN5Si2. The number of nitrogens with zero attached hydrogens (tertiary/aromatic N) is 5. The number of hydrogen-bond acceptors (Lipinski definition) is 2. The molecule has 514 valence electrons.